The second-order valence-corrected chi connectivity index (χ2v) is 3.89. The van der Waals surface area contributed by atoms with Gasteiger partial charge in [0.1, 0.15) is 12.3 Å². The van der Waals surface area contributed by atoms with Gasteiger partial charge in [0, 0.05) is 20.2 Å². The van der Waals surface area contributed by atoms with Gasteiger partial charge in [0.2, 0.25) is 0 Å². The summed E-state index contributed by atoms with van der Waals surface area (Å²) >= 11 is 0. The fourth-order valence-electron chi connectivity index (χ4n) is 1.13. The molecule has 0 fully saturated rings. The zero-order valence-electron chi connectivity index (χ0n) is 8.82. The Balaban J connectivity index is 2.49. The van der Waals surface area contributed by atoms with Gasteiger partial charge in [0.05, 0.1) is 20.0 Å². The van der Waals surface area contributed by atoms with Crippen LogP contribution in [0.2, 0.25) is 0 Å². The second kappa shape index (κ2) is 3.98. The van der Waals surface area contributed by atoms with E-state index in [0.717, 1.165) is 0 Å². The number of carbonyl (C=O) groups excluding carboxylic acids is 1. The highest BCUT2D eigenvalue weighted by atomic mass is 16.6. The molecule has 0 aromatic carbocycles. The molecule has 0 radical (unpaired) electrons. The Hall–Kier alpha value is -1.07. The number of rotatable bonds is 1. The number of ether oxygens (including phenoxy) is 1. The van der Waals surface area contributed by atoms with E-state index < -0.39 is 6.09 Å². The first-order valence-electron chi connectivity index (χ1n) is 4.54. The number of carbonyl (C=O) groups is 1. The molecule has 0 aromatic rings. The van der Waals surface area contributed by atoms with Gasteiger partial charge in [-0.3, -0.25) is 0 Å². The first-order valence-corrected chi connectivity index (χ1v) is 4.54. The lowest BCUT2D eigenvalue weighted by Gasteiger charge is -2.40. The SMILES string of the molecule is CN(C)C(=O)OC1=CC[N+](C)([O-])CC1. The third kappa shape index (κ3) is 3.01. The molecule has 1 atom stereocenters. The smallest absolute Gasteiger partial charge is 0.414 e. The minimum absolute atomic E-state index is 0.289. The standard InChI is InChI=1S/C9H16N2O3/c1-10(2)9(12)14-8-4-6-11(3,13)7-5-8/h4H,5-7H2,1-3H3. The lowest BCUT2D eigenvalue weighted by atomic mass is 10.2. The Kier molecular flexibility index (Phi) is 3.13. The number of hydrogen-bond donors (Lipinski definition) is 0. The van der Waals surface area contributed by atoms with Crippen molar-refractivity contribution >= 4 is 6.09 Å². The van der Waals surface area contributed by atoms with Crippen molar-refractivity contribution in [3.8, 4) is 0 Å². The largest absolute Gasteiger partial charge is 0.633 e. The molecule has 1 heterocycles. The third-order valence-corrected chi connectivity index (χ3v) is 2.12. The predicted octanol–water partition coefficient (Wildman–Crippen LogP) is 0.917. The zero-order chi connectivity index (χ0) is 10.8. The number of amides is 1. The molecule has 1 amide bonds. The predicted molar refractivity (Wildman–Crippen MR) is 52.2 cm³/mol. The van der Waals surface area contributed by atoms with Crippen LogP contribution in [-0.4, -0.2) is 49.9 Å². The number of hydroxylamine groups is 3. The average Bonchev–Trinajstić information content (AvgIpc) is 2.08. The molecule has 0 spiro atoms. The van der Waals surface area contributed by atoms with E-state index in [1.807, 2.05) is 0 Å². The quantitative estimate of drug-likeness (QED) is 0.467. The van der Waals surface area contributed by atoms with Crippen molar-refractivity contribution in [3.63, 3.8) is 0 Å². The molecule has 14 heavy (non-hydrogen) atoms. The molecular formula is C9H16N2O3. The van der Waals surface area contributed by atoms with Gasteiger partial charge in [0.25, 0.3) is 0 Å². The Labute approximate surface area is 83.7 Å². The van der Waals surface area contributed by atoms with Crippen molar-refractivity contribution in [2.75, 3.05) is 34.2 Å². The van der Waals surface area contributed by atoms with Crippen LogP contribution >= 0.6 is 0 Å². The zero-order valence-corrected chi connectivity index (χ0v) is 8.82. The molecule has 1 aliphatic heterocycles. The van der Waals surface area contributed by atoms with E-state index in [2.05, 4.69) is 0 Å². The first-order chi connectivity index (χ1) is 6.41. The van der Waals surface area contributed by atoms with Crippen LogP contribution in [-0.2, 0) is 4.74 Å². The maximum absolute atomic E-state index is 11.4. The van der Waals surface area contributed by atoms with Crippen LogP contribution in [0.25, 0.3) is 0 Å². The highest BCUT2D eigenvalue weighted by molar-refractivity contribution is 5.68. The van der Waals surface area contributed by atoms with E-state index in [9.17, 15) is 10.0 Å². The molecule has 0 aromatic heterocycles. The molecule has 1 unspecified atom stereocenters. The van der Waals surface area contributed by atoms with Gasteiger partial charge < -0.3 is 19.5 Å². The van der Waals surface area contributed by atoms with E-state index >= 15 is 0 Å². The van der Waals surface area contributed by atoms with Crippen molar-refractivity contribution in [2.45, 2.75) is 6.42 Å². The highest BCUT2D eigenvalue weighted by Gasteiger charge is 2.19. The summed E-state index contributed by atoms with van der Waals surface area (Å²) in [6.45, 7) is 0.836. The van der Waals surface area contributed by atoms with Crippen LogP contribution in [0.15, 0.2) is 11.8 Å². The van der Waals surface area contributed by atoms with Crippen molar-refractivity contribution < 1.29 is 14.2 Å². The number of nitrogens with zero attached hydrogens (tertiary/aromatic N) is 2. The van der Waals surface area contributed by atoms with Gasteiger partial charge in [-0.2, -0.15) is 0 Å². The molecular weight excluding hydrogens is 184 g/mol. The Bertz CT molecular complexity index is 259. The van der Waals surface area contributed by atoms with Crippen LogP contribution in [0.4, 0.5) is 4.79 Å². The van der Waals surface area contributed by atoms with Gasteiger partial charge in [-0.05, 0) is 0 Å². The van der Waals surface area contributed by atoms with Crippen molar-refractivity contribution in [1.29, 1.82) is 0 Å². The van der Waals surface area contributed by atoms with Gasteiger partial charge in [-0.1, -0.05) is 0 Å². The van der Waals surface area contributed by atoms with E-state index in [1.165, 1.54) is 4.90 Å². The summed E-state index contributed by atoms with van der Waals surface area (Å²) in [4.78, 5) is 12.5. The molecule has 1 aliphatic rings. The molecule has 1 rings (SSSR count). The number of hydrogen-bond acceptors (Lipinski definition) is 3. The van der Waals surface area contributed by atoms with Crippen LogP contribution in [0.5, 0.6) is 0 Å². The summed E-state index contributed by atoms with van der Waals surface area (Å²) in [6.07, 6.45) is 1.83. The van der Waals surface area contributed by atoms with E-state index in [0.29, 0.717) is 25.3 Å². The van der Waals surface area contributed by atoms with Gasteiger partial charge in [-0.25, -0.2) is 4.79 Å². The van der Waals surface area contributed by atoms with Gasteiger partial charge in [-0.15, -0.1) is 0 Å². The van der Waals surface area contributed by atoms with Crippen molar-refractivity contribution in [3.05, 3.63) is 17.0 Å². The summed E-state index contributed by atoms with van der Waals surface area (Å²) in [5, 5.41) is 11.4. The Morgan fingerprint density at radius 1 is 1.64 bits per heavy atom. The lowest BCUT2D eigenvalue weighted by Crippen LogP contribution is -2.41. The number of likely N-dealkylation sites (N-methyl/N-ethyl adjacent to an activating group) is 1. The fourth-order valence-corrected chi connectivity index (χ4v) is 1.13. The Morgan fingerprint density at radius 2 is 2.29 bits per heavy atom. The van der Waals surface area contributed by atoms with Gasteiger partial charge >= 0.3 is 6.09 Å². The monoisotopic (exact) mass is 200 g/mol. The normalized spacial score (nSPS) is 26.7. The lowest BCUT2D eigenvalue weighted by molar-refractivity contribution is -0.856. The molecule has 80 valence electrons. The van der Waals surface area contributed by atoms with Crippen LogP contribution in [0.1, 0.15) is 6.42 Å². The molecule has 0 aliphatic carbocycles. The summed E-state index contributed by atoms with van der Waals surface area (Å²) in [5.74, 6) is 0.607. The van der Waals surface area contributed by atoms with Crippen LogP contribution < -0.4 is 0 Å². The van der Waals surface area contributed by atoms with E-state index in [-0.39, 0.29) is 4.65 Å². The topological polar surface area (TPSA) is 52.6 Å². The summed E-state index contributed by atoms with van der Waals surface area (Å²) < 4.78 is 4.76. The minimum atomic E-state index is -0.391. The summed E-state index contributed by atoms with van der Waals surface area (Å²) in [6, 6.07) is 0. The second-order valence-electron chi connectivity index (χ2n) is 3.89. The molecule has 0 saturated carbocycles. The maximum atomic E-state index is 11.4. The van der Waals surface area contributed by atoms with Crippen LogP contribution in [0, 0.1) is 5.21 Å². The van der Waals surface area contributed by atoms with Crippen molar-refractivity contribution in [2.24, 2.45) is 0 Å². The van der Waals surface area contributed by atoms with E-state index in [1.54, 1.807) is 27.2 Å². The molecule has 5 heteroatoms. The third-order valence-electron chi connectivity index (χ3n) is 2.12. The highest BCUT2D eigenvalue weighted by Crippen LogP contribution is 2.16. The summed E-state index contributed by atoms with van der Waals surface area (Å²) in [5.41, 5.74) is 0. The maximum Gasteiger partial charge on any atom is 0.414 e. The molecule has 0 saturated heterocycles. The molecule has 5 nitrogen and oxygen atoms in total. The minimum Gasteiger partial charge on any atom is -0.633 e. The first kappa shape index (κ1) is 11.0. The van der Waals surface area contributed by atoms with Crippen molar-refractivity contribution in [1.82, 2.24) is 4.90 Å². The fraction of sp³-hybridized carbons (Fsp3) is 0.667. The Morgan fingerprint density at radius 3 is 2.71 bits per heavy atom. The van der Waals surface area contributed by atoms with Crippen LogP contribution in [0.3, 0.4) is 0 Å². The molecule has 0 N–H and O–H groups in total. The summed E-state index contributed by atoms with van der Waals surface area (Å²) in [7, 11) is 4.86. The number of quaternary nitrogens is 1. The molecule has 0 bridgehead atoms. The van der Waals surface area contributed by atoms with E-state index in [4.69, 9.17) is 4.74 Å². The average molecular weight is 200 g/mol. The van der Waals surface area contributed by atoms with Gasteiger partial charge in [0.15, 0.2) is 0 Å².